The summed E-state index contributed by atoms with van der Waals surface area (Å²) in [5.41, 5.74) is 5.33. The smallest absolute Gasteiger partial charge is 0.219 e. The first-order chi connectivity index (χ1) is 15.2. The fraction of sp³-hybridized carbons (Fsp3) is 0.280. The van der Waals surface area contributed by atoms with Crippen LogP contribution in [0.25, 0.3) is 33.3 Å². The van der Waals surface area contributed by atoms with Gasteiger partial charge in [-0.15, -0.1) is 5.10 Å². The second-order valence-corrected chi connectivity index (χ2v) is 8.14. The quantitative estimate of drug-likeness (QED) is 0.513. The molecule has 2 atom stereocenters. The zero-order chi connectivity index (χ0) is 21.2. The molecule has 0 spiro atoms. The summed E-state index contributed by atoms with van der Waals surface area (Å²) in [5, 5.41) is 12.8. The lowest BCUT2D eigenvalue weighted by Crippen LogP contribution is -2.32. The molecular formula is C25H25N5O. The van der Waals surface area contributed by atoms with Gasteiger partial charge in [-0.25, -0.2) is 4.68 Å². The SMILES string of the molecule is CCC(=O)NC1CCC(n2nncc2-c2ccc(-c3cnc4ccccc4c3)cc2)C1. The number of rotatable bonds is 5. The number of nitrogens with one attached hydrogen (secondary N) is 1. The maximum atomic E-state index is 11.7. The lowest BCUT2D eigenvalue weighted by atomic mass is 10.0. The number of benzene rings is 2. The van der Waals surface area contributed by atoms with Gasteiger partial charge in [-0.3, -0.25) is 9.78 Å². The summed E-state index contributed by atoms with van der Waals surface area (Å²) in [5.74, 6) is 0.114. The molecule has 1 N–H and O–H groups in total. The van der Waals surface area contributed by atoms with Gasteiger partial charge in [0, 0.05) is 35.2 Å². The van der Waals surface area contributed by atoms with E-state index in [1.165, 1.54) is 0 Å². The van der Waals surface area contributed by atoms with Crippen LogP contribution in [0.2, 0.25) is 0 Å². The van der Waals surface area contributed by atoms with E-state index in [0.717, 1.165) is 52.5 Å². The summed E-state index contributed by atoms with van der Waals surface area (Å²) in [6, 6.07) is 19.3. The van der Waals surface area contributed by atoms with Gasteiger partial charge >= 0.3 is 0 Å². The molecule has 2 aromatic heterocycles. The van der Waals surface area contributed by atoms with Crippen molar-refractivity contribution in [3.05, 3.63) is 67.0 Å². The van der Waals surface area contributed by atoms with E-state index in [-0.39, 0.29) is 18.0 Å². The van der Waals surface area contributed by atoms with Crippen molar-refractivity contribution in [2.45, 2.75) is 44.7 Å². The molecule has 156 valence electrons. The molecule has 6 nitrogen and oxygen atoms in total. The van der Waals surface area contributed by atoms with Gasteiger partial charge < -0.3 is 5.32 Å². The van der Waals surface area contributed by atoms with E-state index >= 15 is 0 Å². The monoisotopic (exact) mass is 411 g/mol. The van der Waals surface area contributed by atoms with Gasteiger partial charge in [-0.2, -0.15) is 0 Å². The van der Waals surface area contributed by atoms with E-state index in [1.54, 1.807) is 0 Å². The molecule has 0 saturated heterocycles. The molecule has 1 aliphatic rings. The van der Waals surface area contributed by atoms with Crippen LogP contribution in [0.15, 0.2) is 67.0 Å². The first kappa shape index (κ1) is 19.4. The second-order valence-electron chi connectivity index (χ2n) is 8.14. The lowest BCUT2D eigenvalue weighted by Gasteiger charge is -2.15. The highest BCUT2D eigenvalue weighted by molar-refractivity contribution is 5.83. The van der Waals surface area contributed by atoms with E-state index in [4.69, 9.17) is 0 Å². The van der Waals surface area contributed by atoms with E-state index in [1.807, 2.05) is 42.2 Å². The number of para-hydroxylation sites is 1. The second kappa shape index (κ2) is 8.30. The molecular weight excluding hydrogens is 386 g/mol. The van der Waals surface area contributed by atoms with Gasteiger partial charge in [-0.05, 0) is 37.0 Å². The molecule has 1 saturated carbocycles. The number of amides is 1. The van der Waals surface area contributed by atoms with Crippen LogP contribution in [0.5, 0.6) is 0 Å². The number of hydrogen-bond acceptors (Lipinski definition) is 4. The highest BCUT2D eigenvalue weighted by Gasteiger charge is 2.29. The van der Waals surface area contributed by atoms with Crippen molar-refractivity contribution in [3.63, 3.8) is 0 Å². The molecule has 0 radical (unpaired) electrons. The summed E-state index contributed by atoms with van der Waals surface area (Å²) >= 11 is 0. The third-order valence-electron chi connectivity index (χ3n) is 6.12. The fourth-order valence-corrected chi connectivity index (χ4v) is 4.42. The molecule has 0 aliphatic heterocycles. The molecule has 2 heterocycles. The molecule has 1 amide bonds. The normalized spacial score (nSPS) is 18.4. The molecule has 4 aromatic rings. The van der Waals surface area contributed by atoms with Crippen LogP contribution >= 0.6 is 0 Å². The zero-order valence-electron chi connectivity index (χ0n) is 17.5. The van der Waals surface area contributed by atoms with Gasteiger partial charge in [0.1, 0.15) is 0 Å². The number of carbonyl (C=O) groups excluding carboxylic acids is 1. The van der Waals surface area contributed by atoms with Gasteiger partial charge in [0.15, 0.2) is 0 Å². The van der Waals surface area contributed by atoms with Gasteiger partial charge in [-0.1, -0.05) is 54.6 Å². The first-order valence-electron chi connectivity index (χ1n) is 10.9. The predicted molar refractivity (Wildman–Crippen MR) is 121 cm³/mol. The Morgan fingerprint density at radius 3 is 2.68 bits per heavy atom. The van der Waals surface area contributed by atoms with Crippen molar-refractivity contribution in [3.8, 4) is 22.4 Å². The minimum absolute atomic E-state index is 0.114. The summed E-state index contributed by atoms with van der Waals surface area (Å²) in [7, 11) is 0. The average Bonchev–Trinajstić information content (AvgIpc) is 3.48. The maximum absolute atomic E-state index is 11.7. The summed E-state index contributed by atoms with van der Waals surface area (Å²) in [4.78, 5) is 16.3. The molecule has 2 unspecified atom stereocenters. The topological polar surface area (TPSA) is 72.7 Å². The molecule has 31 heavy (non-hydrogen) atoms. The largest absolute Gasteiger partial charge is 0.353 e. The Bertz CT molecular complexity index is 1210. The van der Waals surface area contributed by atoms with Crippen molar-refractivity contribution >= 4 is 16.8 Å². The zero-order valence-corrected chi connectivity index (χ0v) is 17.5. The first-order valence-corrected chi connectivity index (χ1v) is 10.9. The number of fused-ring (bicyclic) bond motifs is 1. The Balaban J connectivity index is 1.36. The predicted octanol–water partition coefficient (Wildman–Crippen LogP) is 4.78. The van der Waals surface area contributed by atoms with Crippen LogP contribution in [-0.4, -0.2) is 31.9 Å². The van der Waals surface area contributed by atoms with Crippen molar-refractivity contribution in [1.82, 2.24) is 25.3 Å². The molecule has 6 heteroatoms. The Kier molecular flexibility index (Phi) is 5.20. The Labute approximate surface area is 181 Å². The lowest BCUT2D eigenvalue weighted by molar-refractivity contribution is -0.121. The highest BCUT2D eigenvalue weighted by atomic mass is 16.1. The van der Waals surface area contributed by atoms with Gasteiger partial charge in [0.25, 0.3) is 0 Å². The van der Waals surface area contributed by atoms with Crippen molar-refractivity contribution in [1.29, 1.82) is 0 Å². The standard InChI is InChI=1S/C25H25N5O/c1-2-25(31)28-21-11-12-22(14-21)30-24(16-27-29-30)18-9-7-17(8-10-18)20-13-19-5-3-4-6-23(19)26-15-20/h3-10,13,15-16,21-22H,2,11-12,14H2,1H3,(H,28,31). The van der Waals surface area contributed by atoms with E-state index in [0.29, 0.717) is 6.42 Å². The molecule has 1 aliphatic carbocycles. The average molecular weight is 412 g/mol. The number of pyridine rings is 1. The van der Waals surface area contributed by atoms with E-state index in [9.17, 15) is 4.79 Å². The van der Waals surface area contributed by atoms with Gasteiger partial charge in [0.05, 0.1) is 23.4 Å². The van der Waals surface area contributed by atoms with Crippen LogP contribution in [0.3, 0.4) is 0 Å². The summed E-state index contributed by atoms with van der Waals surface area (Å²) in [6.45, 7) is 1.88. The minimum atomic E-state index is 0.114. The fourth-order valence-electron chi connectivity index (χ4n) is 4.42. The Morgan fingerprint density at radius 2 is 1.84 bits per heavy atom. The third-order valence-corrected chi connectivity index (χ3v) is 6.12. The number of carbonyl (C=O) groups is 1. The third kappa shape index (κ3) is 3.93. The number of nitrogens with zero attached hydrogens (tertiary/aromatic N) is 4. The van der Waals surface area contributed by atoms with Crippen molar-refractivity contribution in [2.24, 2.45) is 0 Å². The van der Waals surface area contributed by atoms with E-state index in [2.05, 4.69) is 57.0 Å². The maximum Gasteiger partial charge on any atom is 0.219 e. The molecule has 2 aromatic carbocycles. The van der Waals surface area contributed by atoms with Gasteiger partial charge in [0.2, 0.25) is 5.91 Å². The molecule has 0 bridgehead atoms. The van der Waals surface area contributed by atoms with E-state index < -0.39 is 0 Å². The minimum Gasteiger partial charge on any atom is -0.353 e. The van der Waals surface area contributed by atoms with Crippen LogP contribution in [-0.2, 0) is 4.79 Å². The summed E-state index contributed by atoms with van der Waals surface area (Å²) < 4.78 is 2.02. The molecule has 5 rings (SSSR count). The van der Waals surface area contributed by atoms with Crippen LogP contribution < -0.4 is 5.32 Å². The van der Waals surface area contributed by atoms with Crippen LogP contribution in [0.4, 0.5) is 0 Å². The Morgan fingerprint density at radius 1 is 1.03 bits per heavy atom. The summed E-state index contributed by atoms with van der Waals surface area (Å²) in [6.07, 6.45) is 7.13. The van der Waals surface area contributed by atoms with Crippen LogP contribution in [0.1, 0.15) is 38.6 Å². The number of aromatic nitrogens is 4. The Hall–Kier alpha value is -3.54. The van der Waals surface area contributed by atoms with Crippen LogP contribution in [0, 0.1) is 0 Å². The number of hydrogen-bond donors (Lipinski definition) is 1. The van der Waals surface area contributed by atoms with Crippen molar-refractivity contribution in [2.75, 3.05) is 0 Å². The van der Waals surface area contributed by atoms with Crippen molar-refractivity contribution < 1.29 is 4.79 Å². The highest BCUT2D eigenvalue weighted by Crippen LogP contribution is 2.33. The molecule has 1 fully saturated rings.